The van der Waals surface area contributed by atoms with Gasteiger partial charge in [-0.05, 0) is 25.0 Å². The van der Waals surface area contributed by atoms with Gasteiger partial charge in [-0.2, -0.15) is 4.31 Å². The van der Waals surface area contributed by atoms with E-state index in [9.17, 15) is 18.0 Å². The summed E-state index contributed by atoms with van der Waals surface area (Å²) in [5.41, 5.74) is 0. The van der Waals surface area contributed by atoms with Gasteiger partial charge in [-0.25, -0.2) is 13.2 Å². The molecule has 0 spiro atoms. The number of aliphatic carboxylic acids is 1. The third kappa shape index (κ3) is 4.31. The summed E-state index contributed by atoms with van der Waals surface area (Å²) in [5, 5.41) is 20.2. The molecule has 1 amide bonds. The molecule has 0 aliphatic carbocycles. The van der Waals surface area contributed by atoms with E-state index in [0.717, 1.165) is 4.31 Å². The highest BCUT2D eigenvalue weighted by molar-refractivity contribution is 7.89. The maximum absolute atomic E-state index is 13.0. The Morgan fingerprint density at radius 3 is 2.52 bits per heavy atom. The first-order valence-electron chi connectivity index (χ1n) is 8.14. The van der Waals surface area contributed by atoms with Gasteiger partial charge < -0.3 is 25.0 Å². The minimum Gasteiger partial charge on any atom is -0.493 e. The van der Waals surface area contributed by atoms with Crippen LogP contribution in [0.15, 0.2) is 23.1 Å². The number of methoxy groups -OCH3 is 2. The highest BCUT2D eigenvalue weighted by Crippen LogP contribution is 2.33. The standard InChI is InChI=1S/C16H22N2O8S/c1-25-13-6-5-10(8-14(13)26-2)27(23,24)18-7-3-4-12(18)15(20)17-11(9-19)16(21)22/h5-6,8,11-12,19H,3-4,7,9H2,1-2H3,(H,17,20)(H,21,22). The van der Waals surface area contributed by atoms with Crippen LogP contribution in [0.1, 0.15) is 12.8 Å². The van der Waals surface area contributed by atoms with E-state index < -0.39 is 40.6 Å². The Hall–Kier alpha value is -2.37. The number of aliphatic hydroxyl groups is 1. The molecule has 10 nitrogen and oxygen atoms in total. The largest absolute Gasteiger partial charge is 0.493 e. The maximum atomic E-state index is 13.0. The molecule has 0 radical (unpaired) electrons. The molecule has 0 saturated carbocycles. The number of ether oxygens (including phenoxy) is 2. The molecule has 2 atom stereocenters. The third-order valence-corrected chi connectivity index (χ3v) is 6.17. The number of nitrogens with one attached hydrogen (secondary N) is 1. The summed E-state index contributed by atoms with van der Waals surface area (Å²) >= 11 is 0. The number of hydrogen-bond acceptors (Lipinski definition) is 7. The topological polar surface area (TPSA) is 142 Å². The molecule has 1 aromatic rings. The Bertz CT molecular complexity index is 811. The fourth-order valence-electron chi connectivity index (χ4n) is 2.86. The van der Waals surface area contributed by atoms with Gasteiger partial charge in [-0.3, -0.25) is 4.79 Å². The number of carbonyl (C=O) groups is 2. The molecular formula is C16H22N2O8S. The van der Waals surface area contributed by atoms with Crippen molar-refractivity contribution in [3.63, 3.8) is 0 Å². The number of benzene rings is 1. The Kier molecular flexibility index (Phi) is 6.63. The molecule has 150 valence electrons. The molecule has 1 aliphatic heterocycles. The first kappa shape index (κ1) is 20.9. The second-order valence-electron chi connectivity index (χ2n) is 5.87. The number of hydrogen-bond donors (Lipinski definition) is 3. The van der Waals surface area contributed by atoms with Gasteiger partial charge in [0.15, 0.2) is 11.5 Å². The third-order valence-electron chi connectivity index (χ3n) is 4.27. The summed E-state index contributed by atoms with van der Waals surface area (Å²) in [5.74, 6) is -1.58. The first-order valence-corrected chi connectivity index (χ1v) is 9.58. The predicted octanol–water partition coefficient (Wildman–Crippen LogP) is -0.581. The van der Waals surface area contributed by atoms with Crippen molar-refractivity contribution in [3.8, 4) is 11.5 Å². The van der Waals surface area contributed by atoms with E-state index >= 15 is 0 Å². The van der Waals surface area contributed by atoms with Crippen LogP contribution in [0.4, 0.5) is 0 Å². The number of carboxylic acids is 1. The fraction of sp³-hybridized carbons (Fsp3) is 0.500. The Labute approximate surface area is 156 Å². The molecule has 1 aromatic carbocycles. The van der Waals surface area contributed by atoms with Crippen molar-refractivity contribution in [1.29, 1.82) is 0 Å². The van der Waals surface area contributed by atoms with Gasteiger partial charge in [0.1, 0.15) is 12.1 Å². The van der Waals surface area contributed by atoms with E-state index in [1.165, 1.54) is 32.4 Å². The van der Waals surface area contributed by atoms with Gasteiger partial charge in [-0.1, -0.05) is 0 Å². The zero-order valence-electron chi connectivity index (χ0n) is 14.9. The Balaban J connectivity index is 2.29. The van der Waals surface area contributed by atoms with Crippen LogP contribution in [0.5, 0.6) is 11.5 Å². The van der Waals surface area contributed by atoms with Crippen molar-refractivity contribution in [3.05, 3.63) is 18.2 Å². The predicted molar refractivity (Wildman–Crippen MR) is 93.1 cm³/mol. The summed E-state index contributed by atoms with van der Waals surface area (Å²) < 4.78 is 37.2. The van der Waals surface area contributed by atoms with Crippen molar-refractivity contribution in [2.24, 2.45) is 0 Å². The highest BCUT2D eigenvalue weighted by atomic mass is 32.2. The molecule has 1 fully saturated rings. The molecule has 1 saturated heterocycles. The molecule has 1 heterocycles. The molecule has 11 heteroatoms. The zero-order chi connectivity index (χ0) is 20.2. The van der Waals surface area contributed by atoms with E-state index in [-0.39, 0.29) is 23.6 Å². The summed E-state index contributed by atoms with van der Waals surface area (Å²) in [6, 6.07) is 1.54. The van der Waals surface area contributed by atoms with Crippen LogP contribution in [0, 0.1) is 0 Å². The minimum absolute atomic E-state index is 0.0724. The van der Waals surface area contributed by atoms with E-state index in [0.29, 0.717) is 12.2 Å². The van der Waals surface area contributed by atoms with Gasteiger partial charge in [0.25, 0.3) is 0 Å². The lowest BCUT2D eigenvalue weighted by Crippen LogP contribution is -2.51. The smallest absolute Gasteiger partial charge is 0.328 e. The zero-order valence-corrected chi connectivity index (χ0v) is 15.7. The van der Waals surface area contributed by atoms with Crippen molar-refractivity contribution >= 4 is 21.9 Å². The number of amides is 1. The molecule has 0 aromatic heterocycles. The molecule has 0 bridgehead atoms. The Morgan fingerprint density at radius 2 is 1.96 bits per heavy atom. The van der Waals surface area contributed by atoms with Crippen molar-refractivity contribution < 1.29 is 37.7 Å². The number of sulfonamides is 1. The second kappa shape index (κ2) is 8.55. The monoisotopic (exact) mass is 402 g/mol. The second-order valence-corrected chi connectivity index (χ2v) is 7.76. The lowest BCUT2D eigenvalue weighted by atomic mass is 10.2. The van der Waals surface area contributed by atoms with Crippen LogP contribution in [0.3, 0.4) is 0 Å². The van der Waals surface area contributed by atoms with Crippen molar-refractivity contribution in [2.45, 2.75) is 29.8 Å². The summed E-state index contributed by atoms with van der Waals surface area (Å²) in [6.07, 6.45) is 0.692. The Morgan fingerprint density at radius 1 is 1.30 bits per heavy atom. The van der Waals surface area contributed by atoms with Gasteiger partial charge in [0.05, 0.1) is 25.7 Å². The number of aliphatic hydroxyl groups excluding tert-OH is 1. The van der Waals surface area contributed by atoms with Crippen LogP contribution >= 0.6 is 0 Å². The number of carbonyl (C=O) groups excluding carboxylic acids is 1. The van der Waals surface area contributed by atoms with Crippen LogP contribution in [0.2, 0.25) is 0 Å². The van der Waals surface area contributed by atoms with Crippen LogP contribution < -0.4 is 14.8 Å². The average Bonchev–Trinajstić information content (AvgIpc) is 3.15. The van der Waals surface area contributed by atoms with Crippen molar-refractivity contribution in [1.82, 2.24) is 9.62 Å². The minimum atomic E-state index is -4.03. The summed E-state index contributed by atoms with van der Waals surface area (Å²) in [4.78, 5) is 23.3. The number of rotatable bonds is 8. The van der Waals surface area contributed by atoms with Crippen molar-refractivity contribution in [2.75, 3.05) is 27.4 Å². The van der Waals surface area contributed by atoms with E-state index in [2.05, 4.69) is 5.32 Å². The van der Waals surface area contributed by atoms with Gasteiger partial charge in [0.2, 0.25) is 15.9 Å². The summed E-state index contributed by atoms with van der Waals surface area (Å²) in [6.45, 7) is -0.679. The van der Waals surface area contributed by atoms with E-state index in [1.54, 1.807) is 0 Å². The maximum Gasteiger partial charge on any atom is 0.328 e. The lowest BCUT2D eigenvalue weighted by molar-refractivity contribution is -0.143. The quantitative estimate of drug-likeness (QED) is 0.524. The van der Waals surface area contributed by atoms with Crippen LogP contribution in [-0.2, 0) is 19.6 Å². The van der Waals surface area contributed by atoms with Crippen LogP contribution in [-0.4, -0.2) is 74.3 Å². The number of nitrogens with zero attached hydrogens (tertiary/aromatic N) is 1. The van der Waals surface area contributed by atoms with Crippen LogP contribution in [0.25, 0.3) is 0 Å². The van der Waals surface area contributed by atoms with E-state index in [4.69, 9.17) is 19.7 Å². The number of carboxylic acid groups (broad SMARTS) is 1. The normalized spacial score (nSPS) is 18.7. The van der Waals surface area contributed by atoms with Gasteiger partial charge in [-0.15, -0.1) is 0 Å². The highest BCUT2D eigenvalue weighted by Gasteiger charge is 2.40. The van der Waals surface area contributed by atoms with E-state index in [1.807, 2.05) is 0 Å². The molecule has 3 N–H and O–H groups in total. The molecule has 27 heavy (non-hydrogen) atoms. The lowest BCUT2D eigenvalue weighted by Gasteiger charge is -2.25. The molecular weight excluding hydrogens is 380 g/mol. The van der Waals surface area contributed by atoms with Gasteiger partial charge >= 0.3 is 5.97 Å². The fourth-order valence-corrected chi connectivity index (χ4v) is 4.53. The molecule has 2 rings (SSSR count). The first-order chi connectivity index (χ1) is 12.8. The van der Waals surface area contributed by atoms with Gasteiger partial charge in [0, 0.05) is 12.6 Å². The molecule has 1 aliphatic rings. The average molecular weight is 402 g/mol. The summed E-state index contributed by atoms with van der Waals surface area (Å²) in [7, 11) is -1.23. The molecule has 2 unspecified atom stereocenters. The SMILES string of the molecule is COc1ccc(S(=O)(=O)N2CCCC2C(=O)NC(CO)C(=O)O)cc1OC.